The smallest absolute Gasteiger partial charge is 0.134 e. The number of rotatable bonds is 3. The molecule has 0 aliphatic heterocycles. The summed E-state index contributed by atoms with van der Waals surface area (Å²) < 4.78 is 0. The molecule has 20 heavy (non-hydrogen) atoms. The van der Waals surface area contributed by atoms with Crippen LogP contribution in [0.1, 0.15) is 68.4 Å². The second kappa shape index (κ2) is 4.26. The zero-order chi connectivity index (χ0) is 14.0. The maximum atomic E-state index is 4.63. The van der Waals surface area contributed by atoms with Crippen molar-refractivity contribution in [2.75, 3.05) is 7.05 Å². The van der Waals surface area contributed by atoms with Gasteiger partial charge in [-0.2, -0.15) is 0 Å². The summed E-state index contributed by atoms with van der Waals surface area (Å²) in [6, 6.07) is 0.325. The monoisotopic (exact) mass is 291 g/mol. The third-order valence-electron chi connectivity index (χ3n) is 6.05. The molecule has 1 N–H and O–H groups in total. The summed E-state index contributed by atoms with van der Waals surface area (Å²) >= 11 is 1.87. The summed E-state index contributed by atoms with van der Waals surface area (Å²) in [6.07, 6.45) is 8.52. The van der Waals surface area contributed by atoms with E-state index < -0.39 is 0 Å². The minimum absolute atomic E-state index is 0.325. The molecule has 4 fully saturated rings. The van der Waals surface area contributed by atoms with Gasteiger partial charge >= 0.3 is 0 Å². The van der Waals surface area contributed by atoms with Gasteiger partial charge in [0, 0.05) is 5.41 Å². The predicted molar refractivity (Wildman–Crippen MR) is 81.9 cm³/mol. The van der Waals surface area contributed by atoms with Gasteiger partial charge in [0.05, 0.1) is 6.04 Å². The molecule has 5 rings (SSSR count). The van der Waals surface area contributed by atoms with Gasteiger partial charge < -0.3 is 5.32 Å². The summed E-state index contributed by atoms with van der Waals surface area (Å²) in [5.41, 5.74) is 0.965. The molecule has 0 spiro atoms. The molecule has 3 unspecified atom stereocenters. The molecule has 4 aliphatic carbocycles. The van der Waals surface area contributed by atoms with Gasteiger partial charge in [0.2, 0.25) is 0 Å². The lowest BCUT2D eigenvalue weighted by atomic mass is 9.45. The lowest BCUT2D eigenvalue weighted by molar-refractivity contribution is -0.0618. The van der Waals surface area contributed by atoms with Gasteiger partial charge in [-0.1, -0.05) is 18.3 Å². The van der Waals surface area contributed by atoms with Crippen LogP contribution in [0.5, 0.6) is 0 Å². The first-order valence-electron chi connectivity index (χ1n) is 8.03. The van der Waals surface area contributed by atoms with Crippen LogP contribution in [-0.4, -0.2) is 17.2 Å². The van der Waals surface area contributed by atoms with Crippen molar-refractivity contribution in [2.24, 2.45) is 17.3 Å². The molecule has 1 aromatic rings. The molecular formula is C16H25N3S. The van der Waals surface area contributed by atoms with Crippen molar-refractivity contribution in [3.8, 4) is 0 Å². The van der Waals surface area contributed by atoms with Crippen LogP contribution >= 0.6 is 11.3 Å². The van der Waals surface area contributed by atoms with Crippen LogP contribution in [0.2, 0.25) is 0 Å². The molecule has 0 amide bonds. The molecule has 4 saturated carbocycles. The zero-order valence-electron chi connectivity index (χ0n) is 12.8. The third kappa shape index (κ3) is 1.87. The second-order valence-electron chi connectivity index (χ2n) is 8.01. The van der Waals surface area contributed by atoms with E-state index >= 15 is 0 Å². The van der Waals surface area contributed by atoms with Gasteiger partial charge in [0.15, 0.2) is 0 Å². The molecule has 3 nitrogen and oxygen atoms in total. The van der Waals surface area contributed by atoms with E-state index in [1.807, 2.05) is 18.4 Å². The van der Waals surface area contributed by atoms with Crippen molar-refractivity contribution < 1.29 is 0 Å². The van der Waals surface area contributed by atoms with Crippen LogP contribution in [0.15, 0.2) is 0 Å². The quantitative estimate of drug-likeness (QED) is 0.923. The van der Waals surface area contributed by atoms with Crippen molar-refractivity contribution in [3.63, 3.8) is 0 Å². The van der Waals surface area contributed by atoms with Crippen LogP contribution in [0.25, 0.3) is 0 Å². The second-order valence-corrected chi connectivity index (χ2v) is 9.02. The van der Waals surface area contributed by atoms with Gasteiger partial charge in [-0.15, -0.1) is 10.2 Å². The minimum Gasteiger partial charge on any atom is -0.311 e. The first-order chi connectivity index (χ1) is 9.52. The molecule has 0 saturated heterocycles. The van der Waals surface area contributed by atoms with E-state index in [9.17, 15) is 0 Å². The highest BCUT2D eigenvalue weighted by atomic mass is 32.1. The Morgan fingerprint density at radius 1 is 1.20 bits per heavy atom. The van der Waals surface area contributed by atoms with Gasteiger partial charge in [0.25, 0.3) is 0 Å². The van der Waals surface area contributed by atoms with Crippen molar-refractivity contribution in [3.05, 3.63) is 10.0 Å². The molecule has 0 aromatic carbocycles. The van der Waals surface area contributed by atoms with Crippen LogP contribution in [0.3, 0.4) is 0 Å². The average Bonchev–Trinajstić information content (AvgIpc) is 2.85. The molecule has 4 aliphatic rings. The molecule has 0 radical (unpaired) electrons. The Kier molecular flexibility index (Phi) is 2.81. The predicted octanol–water partition coefficient (Wildman–Crippen LogP) is 3.68. The van der Waals surface area contributed by atoms with E-state index in [0.717, 1.165) is 16.8 Å². The largest absolute Gasteiger partial charge is 0.311 e. The summed E-state index contributed by atoms with van der Waals surface area (Å²) in [6.45, 7) is 4.70. The van der Waals surface area contributed by atoms with Gasteiger partial charge in [-0.25, -0.2) is 0 Å². The normalized spacial score (nSPS) is 44.0. The van der Waals surface area contributed by atoms with Crippen LogP contribution in [0, 0.1) is 17.3 Å². The standard InChI is InChI=1S/C16H25N3S/c1-10(17-3)13-18-19-14(20-13)16-7-11-4-12(8-16)6-15(2,5-11)9-16/h10-12,17H,4-9H2,1-3H3. The van der Waals surface area contributed by atoms with E-state index in [4.69, 9.17) is 0 Å². The molecule has 1 heterocycles. The van der Waals surface area contributed by atoms with E-state index in [2.05, 4.69) is 29.4 Å². The summed E-state index contributed by atoms with van der Waals surface area (Å²) in [5.74, 6) is 1.91. The highest BCUT2D eigenvalue weighted by Crippen LogP contribution is 2.65. The fourth-order valence-corrected chi connectivity index (χ4v) is 6.83. The van der Waals surface area contributed by atoms with Gasteiger partial charge in [-0.3, -0.25) is 0 Å². The first kappa shape index (κ1) is 13.2. The highest BCUT2D eigenvalue weighted by Gasteiger charge is 2.57. The van der Waals surface area contributed by atoms with E-state index in [1.54, 1.807) is 0 Å². The Bertz CT molecular complexity index is 510. The Morgan fingerprint density at radius 2 is 1.90 bits per heavy atom. The van der Waals surface area contributed by atoms with Gasteiger partial charge in [-0.05, 0) is 69.7 Å². The van der Waals surface area contributed by atoms with Crippen molar-refractivity contribution in [1.82, 2.24) is 15.5 Å². The van der Waals surface area contributed by atoms with E-state index in [1.165, 1.54) is 43.5 Å². The summed E-state index contributed by atoms with van der Waals surface area (Å²) in [7, 11) is 2.00. The SMILES string of the molecule is CNC(C)c1nnc(C23CC4CC(CC(C)(C4)C2)C3)s1. The lowest BCUT2D eigenvalue weighted by Gasteiger charge is -2.60. The minimum atomic E-state index is 0.325. The number of nitrogens with zero attached hydrogens (tertiary/aromatic N) is 2. The lowest BCUT2D eigenvalue weighted by Crippen LogP contribution is -2.52. The Balaban J connectivity index is 1.69. The Labute approximate surface area is 125 Å². The average molecular weight is 291 g/mol. The summed E-state index contributed by atoms with van der Waals surface area (Å²) in [5, 5.41) is 14.9. The number of hydrogen-bond acceptors (Lipinski definition) is 4. The van der Waals surface area contributed by atoms with Gasteiger partial charge in [0.1, 0.15) is 10.0 Å². The fraction of sp³-hybridized carbons (Fsp3) is 0.875. The Hall–Kier alpha value is -0.480. The maximum Gasteiger partial charge on any atom is 0.134 e. The highest BCUT2D eigenvalue weighted by molar-refractivity contribution is 7.11. The molecule has 1 aromatic heterocycles. The van der Waals surface area contributed by atoms with Crippen molar-refractivity contribution in [2.45, 2.75) is 63.8 Å². The zero-order valence-corrected chi connectivity index (χ0v) is 13.6. The third-order valence-corrected chi connectivity index (χ3v) is 7.40. The molecule has 3 atom stereocenters. The number of aromatic nitrogens is 2. The Morgan fingerprint density at radius 3 is 2.50 bits per heavy atom. The van der Waals surface area contributed by atoms with Crippen LogP contribution < -0.4 is 5.32 Å². The molecule has 110 valence electrons. The summed E-state index contributed by atoms with van der Waals surface area (Å²) in [4.78, 5) is 0. The van der Waals surface area contributed by atoms with Crippen molar-refractivity contribution in [1.29, 1.82) is 0 Å². The van der Waals surface area contributed by atoms with Crippen LogP contribution in [0.4, 0.5) is 0 Å². The van der Waals surface area contributed by atoms with E-state index in [0.29, 0.717) is 16.9 Å². The number of hydrogen-bond donors (Lipinski definition) is 1. The van der Waals surface area contributed by atoms with Crippen molar-refractivity contribution >= 4 is 11.3 Å². The molecule has 4 bridgehead atoms. The molecule has 4 heteroatoms. The maximum absolute atomic E-state index is 4.63. The molecular weight excluding hydrogens is 266 g/mol. The van der Waals surface area contributed by atoms with Crippen LogP contribution in [-0.2, 0) is 5.41 Å². The van der Waals surface area contributed by atoms with E-state index in [-0.39, 0.29) is 0 Å². The number of nitrogens with one attached hydrogen (secondary N) is 1. The fourth-order valence-electron chi connectivity index (χ4n) is 5.72. The topological polar surface area (TPSA) is 37.8 Å². The first-order valence-corrected chi connectivity index (χ1v) is 8.85.